The van der Waals surface area contributed by atoms with Crippen molar-refractivity contribution in [2.45, 2.75) is 57.9 Å². The summed E-state index contributed by atoms with van der Waals surface area (Å²) in [7, 11) is 0. The van der Waals surface area contributed by atoms with Gasteiger partial charge in [0.05, 0.1) is 0 Å². The van der Waals surface area contributed by atoms with Gasteiger partial charge in [-0.3, -0.25) is 0 Å². The maximum Gasteiger partial charge on any atom is 0.0320 e. The highest BCUT2D eigenvalue weighted by molar-refractivity contribution is 5.18. The van der Waals surface area contributed by atoms with E-state index in [-0.39, 0.29) is 0 Å². The summed E-state index contributed by atoms with van der Waals surface area (Å²) in [5.41, 5.74) is 1.45. The topological polar surface area (TPSA) is 12.0 Å². The van der Waals surface area contributed by atoms with Gasteiger partial charge in [-0.05, 0) is 30.9 Å². The Morgan fingerprint density at radius 3 is 2.56 bits per heavy atom. The first-order valence-corrected chi connectivity index (χ1v) is 7.68. The molecule has 0 spiro atoms. The Bertz CT molecular complexity index is 314. The van der Waals surface area contributed by atoms with Crippen LogP contribution in [-0.2, 0) is 0 Å². The summed E-state index contributed by atoms with van der Waals surface area (Å²) in [6, 6.07) is 11.5. The molecule has 0 amide bonds. The van der Waals surface area contributed by atoms with Gasteiger partial charge < -0.3 is 5.32 Å². The quantitative estimate of drug-likeness (QED) is 0.734. The lowest BCUT2D eigenvalue weighted by Crippen LogP contribution is -2.23. The number of rotatable bonds is 7. The van der Waals surface area contributed by atoms with Crippen LogP contribution in [0, 0.1) is 5.92 Å². The molecule has 0 aliphatic heterocycles. The predicted octanol–water partition coefficient (Wildman–Crippen LogP) is 4.70. The van der Waals surface area contributed by atoms with Crippen molar-refractivity contribution in [3.63, 3.8) is 0 Å². The summed E-state index contributed by atoms with van der Waals surface area (Å²) in [4.78, 5) is 0. The Morgan fingerprint density at radius 2 is 1.89 bits per heavy atom. The highest BCUT2D eigenvalue weighted by atomic mass is 14.9. The van der Waals surface area contributed by atoms with Crippen LogP contribution < -0.4 is 5.32 Å². The van der Waals surface area contributed by atoms with Crippen molar-refractivity contribution in [1.29, 1.82) is 0 Å². The number of nitrogens with one attached hydrogen (secondary N) is 1. The van der Waals surface area contributed by atoms with E-state index in [2.05, 4.69) is 42.6 Å². The number of benzene rings is 1. The van der Waals surface area contributed by atoms with Crippen molar-refractivity contribution in [1.82, 2.24) is 5.32 Å². The Labute approximate surface area is 112 Å². The molecule has 1 aromatic carbocycles. The molecule has 1 aromatic rings. The second-order valence-corrected chi connectivity index (χ2v) is 5.65. The van der Waals surface area contributed by atoms with Gasteiger partial charge in [-0.25, -0.2) is 0 Å². The van der Waals surface area contributed by atoms with E-state index < -0.39 is 0 Å². The molecule has 1 fully saturated rings. The Balaban J connectivity index is 1.79. The monoisotopic (exact) mass is 245 g/mol. The third-order valence-corrected chi connectivity index (χ3v) is 4.20. The van der Waals surface area contributed by atoms with Crippen molar-refractivity contribution in [3.8, 4) is 0 Å². The maximum absolute atomic E-state index is 3.76. The first-order chi connectivity index (χ1) is 8.90. The van der Waals surface area contributed by atoms with Crippen LogP contribution in [0.4, 0.5) is 0 Å². The molecular weight excluding hydrogens is 218 g/mol. The zero-order valence-electron chi connectivity index (χ0n) is 11.7. The van der Waals surface area contributed by atoms with E-state index in [1.165, 1.54) is 57.1 Å². The average molecular weight is 245 g/mol. The third-order valence-electron chi connectivity index (χ3n) is 4.20. The predicted molar refractivity (Wildman–Crippen MR) is 78.7 cm³/mol. The molecule has 0 radical (unpaired) electrons. The van der Waals surface area contributed by atoms with Crippen LogP contribution in [0.15, 0.2) is 30.3 Å². The molecule has 1 aliphatic rings. The lowest BCUT2D eigenvalue weighted by atomic mass is 10.0. The van der Waals surface area contributed by atoms with Gasteiger partial charge in [-0.1, -0.05) is 69.4 Å². The molecule has 1 unspecified atom stereocenters. The van der Waals surface area contributed by atoms with Gasteiger partial charge in [0.25, 0.3) is 0 Å². The molecule has 0 bridgehead atoms. The minimum absolute atomic E-state index is 0.553. The Morgan fingerprint density at radius 1 is 1.17 bits per heavy atom. The van der Waals surface area contributed by atoms with E-state index in [4.69, 9.17) is 0 Å². The highest BCUT2D eigenvalue weighted by Gasteiger charge is 2.15. The molecule has 2 rings (SSSR count). The molecule has 0 aromatic heterocycles. The smallest absolute Gasteiger partial charge is 0.0320 e. The van der Waals surface area contributed by atoms with Crippen molar-refractivity contribution in [3.05, 3.63) is 35.9 Å². The summed E-state index contributed by atoms with van der Waals surface area (Å²) in [6.45, 7) is 3.46. The molecule has 18 heavy (non-hydrogen) atoms. The largest absolute Gasteiger partial charge is 0.310 e. The molecular formula is C17H27N. The van der Waals surface area contributed by atoms with E-state index in [0.717, 1.165) is 5.92 Å². The van der Waals surface area contributed by atoms with Gasteiger partial charge in [0.2, 0.25) is 0 Å². The van der Waals surface area contributed by atoms with Crippen LogP contribution in [0.2, 0.25) is 0 Å². The first-order valence-electron chi connectivity index (χ1n) is 7.68. The normalized spacial score (nSPS) is 18.1. The van der Waals surface area contributed by atoms with Crippen molar-refractivity contribution >= 4 is 0 Å². The number of hydrogen-bond acceptors (Lipinski definition) is 1. The molecule has 1 heteroatoms. The molecule has 100 valence electrons. The van der Waals surface area contributed by atoms with Crippen LogP contribution in [0.5, 0.6) is 0 Å². The Kier molecular flexibility index (Phi) is 5.73. The van der Waals surface area contributed by atoms with E-state index >= 15 is 0 Å². The van der Waals surface area contributed by atoms with Gasteiger partial charge in [-0.2, -0.15) is 0 Å². The second kappa shape index (κ2) is 7.58. The Hall–Kier alpha value is -0.820. The fourth-order valence-electron chi connectivity index (χ4n) is 3.12. The van der Waals surface area contributed by atoms with Gasteiger partial charge in [-0.15, -0.1) is 0 Å². The maximum atomic E-state index is 3.76. The lowest BCUT2D eigenvalue weighted by Gasteiger charge is -2.20. The minimum Gasteiger partial charge on any atom is -0.310 e. The summed E-state index contributed by atoms with van der Waals surface area (Å²) in [5, 5.41) is 3.76. The summed E-state index contributed by atoms with van der Waals surface area (Å²) in [6.07, 6.45) is 9.71. The zero-order valence-corrected chi connectivity index (χ0v) is 11.7. The van der Waals surface area contributed by atoms with E-state index in [9.17, 15) is 0 Å². The fraction of sp³-hybridized carbons (Fsp3) is 0.647. The first kappa shape index (κ1) is 13.6. The van der Waals surface area contributed by atoms with Crippen LogP contribution in [0.25, 0.3) is 0 Å². The lowest BCUT2D eigenvalue weighted by molar-refractivity contribution is 0.430. The third kappa shape index (κ3) is 4.13. The molecule has 1 saturated carbocycles. The summed E-state index contributed by atoms with van der Waals surface area (Å²) in [5.74, 6) is 0.996. The van der Waals surface area contributed by atoms with Crippen molar-refractivity contribution < 1.29 is 0 Å². The van der Waals surface area contributed by atoms with Crippen LogP contribution >= 0.6 is 0 Å². The standard InChI is InChI=1S/C17H27N/c1-2-8-17(16-11-4-3-5-12-16)18-14-13-15-9-6-7-10-15/h3-5,11-12,15,17-18H,2,6-10,13-14H2,1H3. The molecule has 1 atom stereocenters. The summed E-state index contributed by atoms with van der Waals surface area (Å²) < 4.78 is 0. The fourth-order valence-corrected chi connectivity index (χ4v) is 3.12. The van der Waals surface area contributed by atoms with Crippen LogP contribution in [0.1, 0.15) is 63.5 Å². The molecule has 1 N–H and O–H groups in total. The molecule has 0 saturated heterocycles. The minimum atomic E-state index is 0.553. The van der Waals surface area contributed by atoms with Crippen molar-refractivity contribution in [2.75, 3.05) is 6.54 Å². The van der Waals surface area contributed by atoms with Crippen LogP contribution in [-0.4, -0.2) is 6.54 Å². The SMILES string of the molecule is CCCC(NCCC1CCCC1)c1ccccc1. The van der Waals surface area contributed by atoms with E-state index in [1.54, 1.807) is 0 Å². The van der Waals surface area contributed by atoms with Gasteiger partial charge >= 0.3 is 0 Å². The van der Waals surface area contributed by atoms with Gasteiger partial charge in [0, 0.05) is 6.04 Å². The molecule has 0 heterocycles. The second-order valence-electron chi connectivity index (χ2n) is 5.65. The molecule has 1 aliphatic carbocycles. The average Bonchev–Trinajstić information content (AvgIpc) is 2.92. The number of hydrogen-bond donors (Lipinski definition) is 1. The van der Waals surface area contributed by atoms with Crippen LogP contribution in [0.3, 0.4) is 0 Å². The van der Waals surface area contributed by atoms with E-state index in [0.29, 0.717) is 6.04 Å². The summed E-state index contributed by atoms with van der Waals surface area (Å²) >= 11 is 0. The van der Waals surface area contributed by atoms with Gasteiger partial charge in [0.1, 0.15) is 0 Å². The van der Waals surface area contributed by atoms with E-state index in [1.807, 2.05) is 0 Å². The zero-order chi connectivity index (χ0) is 12.6. The molecule has 1 nitrogen and oxygen atoms in total. The highest BCUT2D eigenvalue weighted by Crippen LogP contribution is 2.27. The van der Waals surface area contributed by atoms with Gasteiger partial charge in [0.15, 0.2) is 0 Å². The van der Waals surface area contributed by atoms with Crippen molar-refractivity contribution in [2.24, 2.45) is 5.92 Å².